The summed E-state index contributed by atoms with van der Waals surface area (Å²) in [5.41, 5.74) is 3.85. The van der Waals surface area contributed by atoms with Gasteiger partial charge in [-0.25, -0.2) is 4.98 Å². The van der Waals surface area contributed by atoms with Crippen LogP contribution in [-0.4, -0.2) is 4.98 Å². The molecule has 0 amide bonds. The van der Waals surface area contributed by atoms with Crippen LogP contribution in [0, 0.1) is 39.0 Å². The highest BCUT2D eigenvalue weighted by atomic mass is 32.1. The molecule has 98 valence electrons. The maximum atomic E-state index is 9.21. The number of pyridine rings is 1. The van der Waals surface area contributed by atoms with E-state index in [4.69, 9.17) is 0 Å². The second-order valence-electron chi connectivity index (χ2n) is 4.72. The molecule has 3 nitrogen and oxygen atoms in total. The number of nitriles is 1. The molecule has 4 heteroatoms. The van der Waals surface area contributed by atoms with Crippen LogP contribution < -0.4 is 5.32 Å². The smallest absolute Gasteiger partial charge is 0.144 e. The van der Waals surface area contributed by atoms with Gasteiger partial charge in [0.25, 0.3) is 0 Å². The second kappa shape index (κ2) is 5.41. The summed E-state index contributed by atoms with van der Waals surface area (Å²) in [6, 6.07) is 6.34. The first-order valence-corrected chi connectivity index (χ1v) is 7.01. The Labute approximate surface area is 117 Å². The molecule has 0 unspecified atom stereocenters. The highest BCUT2D eigenvalue weighted by Crippen LogP contribution is 2.23. The van der Waals surface area contributed by atoms with Crippen molar-refractivity contribution in [2.24, 2.45) is 0 Å². The zero-order valence-electron chi connectivity index (χ0n) is 11.7. The molecule has 0 spiro atoms. The largest absolute Gasteiger partial charge is 0.364 e. The molecule has 2 aromatic rings. The van der Waals surface area contributed by atoms with Gasteiger partial charge in [-0.3, -0.25) is 0 Å². The topological polar surface area (TPSA) is 48.7 Å². The molecule has 0 atom stereocenters. The minimum Gasteiger partial charge on any atom is -0.364 e. The monoisotopic (exact) mass is 271 g/mol. The molecule has 0 aliphatic carbocycles. The molecule has 19 heavy (non-hydrogen) atoms. The van der Waals surface area contributed by atoms with Gasteiger partial charge in [0.2, 0.25) is 0 Å². The number of hydrogen-bond acceptors (Lipinski definition) is 4. The first-order chi connectivity index (χ1) is 9.01. The van der Waals surface area contributed by atoms with E-state index in [1.165, 1.54) is 15.3 Å². The van der Waals surface area contributed by atoms with E-state index in [0.29, 0.717) is 17.9 Å². The van der Waals surface area contributed by atoms with Gasteiger partial charge in [-0.05, 0) is 51.0 Å². The molecule has 0 aromatic carbocycles. The van der Waals surface area contributed by atoms with Crippen LogP contribution in [0.15, 0.2) is 12.1 Å². The summed E-state index contributed by atoms with van der Waals surface area (Å²) in [5, 5.41) is 12.5. The van der Waals surface area contributed by atoms with Crippen LogP contribution in [0.25, 0.3) is 0 Å². The van der Waals surface area contributed by atoms with Gasteiger partial charge in [0.1, 0.15) is 11.9 Å². The normalized spacial score (nSPS) is 10.3. The Morgan fingerprint density at radius 2 is 1.95 bits per heavy atom. The van der Waals surface area contributed by atoms with Crippen LogP contribution in [0.1, 0.15) is 32.1 Å². The van der Waals surface area contributed by atoms with Crippen molar-refractivity contribution in [3.05, 3.63) is 44.3 Å². The number of nitrogens with zero attached hydrogens (tertiary/aromatic N) is 2. The maximum absolute atomic E-state index is 9.21. The molecule has 1 N–H and O–H groups in total. The van der Waals surface area contributed by atoms with Gasteiger partial charge in [0, 0.05) is 15.4 Å². The molecule has 2 rings (SSSR count). The van der Waals surface area contributed by atoms with E-state index < -0.39 is 0 Å². The van der Waals surface area contributed by atoms with Crippen LogP contribution in [-0.2, 0) is 6.54 Å². The number of hydrogen-bond donors (Lipinski definition) is 1. The number of anilines is 1. The summed E-state index contributed by atoms with van der Waals surface area (Å²) in [6.07, 6.45) is 0. The van der Waals surface area contributed by atoms with Crippen molar-refractivity contribution in [3.8, 4) is 6.07 Å². The lowest BCUT2D eigenvalue weighted by Gasteiger charge is -2.09. The van der Waals surface area contributed by atoms with Gasteiger partial charge >= 0.3 is 0 Å². The van der Waals surface area contributed by atoms with Crippen molar-refractivity contribution in [2.45, 2.75) is 34.2 Å². The first-order valence-electron chi connectivity index (χ1n) is 6.19. The van der Waals surface area contributed by atoms with E-state index >= 15 is 0 Å². The Bertz CT molecular complexity index is 631. The lowest BCUT2D eigenvalue weighted by atomic mass is 10.1. The van der Waals surface area contributed by atoms with Gasteiger partial charge in [0.15, 0.2) is 0 Å². The molecule has 0 fully saturated rings. The summed E-state index contributed by atoms with van der Waals surface area (Å²) < 4.78 is 0. The molecular formula is C15H17N3S. The summed E-state index contributed by atoms with van der Waals surface area (Å²) in [6.45, 7) is 8.84. The van der Waals surface area contributed by atoms with E-state index in [0.717, 1.165) is 11.3 Å². The Morgan fingerprint density at radius 1 is 1.21 bits per heavy atom. The molecule has 0 aliphatic rings. The standard InChI is InChI=1S/C15H17N3S/c1-9-6-13(19-12(9)4)8-17-15-14(7-16)10(2)5-11(3)18-15/h5-6H,8H2,1-4H3,(H,17,18). The molecule has 2 aromatic heterocycles. The zero-order chi connectivity index (χ0) is 14.0. The molecule has 0 saturated carbocycles. The Hall–Kier alpha value is -1.86. The molecule has 0 saturated heterocycles. The maximum Gasteiger partial charge on any atom is 0.144 e. The van der Waals surface area contributed by atoms with Crippen molar-refractivity contribution < 1.29 is 0 Å². The number of aryl methyl sites for hydroxylation is 4. The quantitative estimate of drug-likeness (QED) is 0.922. The van der Waals surface area contributed by atoms with Gasteiger partial charge in [0.05, 0.1) is 12.1 Å². The third-order valence-corrected chi connectivity index (χ3v) is 4.26. The Balaban J connectivity index is 2.22. The van der Waals surface area contributed by atoms with E-state index in [1.807, 2.05) is 19.9 Å². The van der Waals surface area contributed by atoms with Crippen LogP contribution in [0.4, 0.5) is 5.82 Å². The highest BCUT2D eigenvalue weighted by Gasteiger charge is 2.09. The molecular weight excluding hydrogens is 254 g/mol. The van der Waals surface area contributed by atoms with Crippen molar-refractivity contribution in [2.75, 3.05) is 5.32 Å². The number of rotatable bonds is 3. The van der Waals surface area contributed by atoms with Crippen molar-refractivity contribution >= 4 is 17.2 Å². The lowest BCUT2D eigenvalue weighted by Crippen LogP contribution is -2.04. The third kappa shape index (κ3) is 2.94. The summed E-state index contributed by atoms with van der Waals surface area (Å²) in [7, 11) is 0. The molecule has 0 aliphatic heterocycles. The van der Waals surface area contributed by atoms with Gasteiger partial charge in [-0.2, -0.15) is 5.26 Å². The van der Waals surface area contributed by atoms with E-state index in [2.05, 4.69) is 36.3 Å². The molecule has 0 bridgehead atoms. The average Bonchev–Trinajstić information content (AvgIpc) is 2.65. The van der Waals surface area contributed by atoms with Crippen molar-refractivity contribution in [1.82, 2.24) is 4.98 Å². The van der Waals surface area contributed by atoms with Crippen LogP contribution >= 0.6 is 11.3 Å². The average molecular weight is 271 g/mol. The van der Waals surface area contributed by atoms with Crippen LogP contribution in [0.5, 0.6) is 0 Å². The van der Waals surface area contributed by atoms with Crippen LogP contribution in [0.2, 0.25) is 0 Å². The summed E-state index contributed by atoms with van der Waals surface area (Å²) in [5.74, 6) is 0.684. The SMILES string of the molecule is Cc1cc(C)c(C#N)c(NCc2cc(C)c(C)s2)n1. The fourth-order valence-corrected chi connectivity index (χ4v) is 3.01. The molecule has 2 heterocycles. The van der Waals surface area contributed by atoms with Crippen molar-refractivity contribution in [1.29, 1.82) is 5.26 Å². The van der Waals surface area contributed by atoms with E-state index in [1.54, 1.807) is 11.3 Å². The van der Waals surface area contributed by atoms with Crippen LogP contribution in [0.3, 0.4) is 0 Å². The lowest BCUT2D eigenvalue weighted by molar-refractivity contribution is 1.09. The van der Waals surface area contributed by atoms with Gasteiger partial charge in [-0.1, -0.05) is 0 Å². The predicted molar refractivity (Wildman–Crippen MR) is 79.5 cm³/mol. The fraction of sp³-hybridized carbons (Fsp3) is 0.333. The second-order valence-corrected chi connectivity index (χ2v) is 6.06. The minimum absolute atomic E-state index is 0.635. The number of aromatic nitrogens is 1. The van der Waals surface area contributed by atoms with E-state index in [9.17, 15) is 5.26 Å². The Morgan fingerprint density at radius 3 is 2.53 bits per heavy atom. The van der Waals surface area contributed by atoms with Gasteiger partial charge < -0.3 is 5.32 Å². The van der Waals surface area contributed by atoms with E-state index in [-0.39, 0.29) is 0 Å². The predicted octanol–water partition coefficient (Wildman–Crippen LogP) is 3.86. The number of nitrogens with one attached hydrogen (secondary N) is 1. The summed E-state index contributed by atoms with van der Waals surface area (Å²) in [4.78, 5) is 7.02. The zero-order valence-corrected chi connectivity index (χ0v) is 12.5. The van der Waals surface area contributed by atoms with Crippen molar-refractivity contribution in [3.63, 3.8) is 0 Å². The molecule has 0 radical (unpaired) electrons. The minimum atomic E-state index is 0.635. The highest BCUT2D eigenvalue weighted by molar-refractivity contribution is 7.12. The first kappa shape index (κ1) is 13.6. The summed E-state index contributed by atoms with van der Waals surface area (Å²) >= 11 is 1.78. The third-order valence-electron chi connectivity index (χ3n) is 3.10. The number of thiophene rings is 1. The van der Waals surface area contributed by atoms with Gasteiger partial charge in [-0.15, -0.1) is 11.3 Å². The Kier molecular flexibility index (Phi) is 3.87. The fourth-order valence-electron chi connectivity index (χ4n) is 2.01.